The third-order valence-corrected chi connectivity index (χ3v) is 5.15. The number of nitrogens with one attached hydrogen (secondary N) is 1. The molecule has 1 N–H and O–H groups in total. The highest BCUT2D eigenvalue weighted by atomic mass is 35.5. The van der Waals surface area contributed by atoms with Crippen LogP contribution in [0.15, 0.2) is 48.5 Å². The normalized spacial score (nSPS) is 12.7. The third kappa shape index (κ3) is 6.94. The molecule has 0 aromatic heterocycles. The average molecular weight is 437 g/mol. The molecule has 2 aromatic carbocycles. The first-order chi connectivity index (χ1) is 13.8. The lowest BCUT2D eigenvalue weighted by Gasteiger charge is -2.29. The van der Waals surface area contributed by atoms with Gasteiger partial charge in [0.1, 0.15) is 11.8 Å². The van der Waals surface area contributed by atoms with Gasteiger partial charge in [0.2, 0.25) is 5.91 Å². The van der Waals surface area contributed by atoms with Crippen LogP contribution in [0.25, 0.3) is 0 Å². The van der Waals surface area contributed by atoms with Crippen LogP contribution in [0.4, 0.5) is 0 Å². The van der Waals surface area contributed by atoms with E-state index in [1.807, 2.05) is 26.0 Å². The zero-order valence-corrected chi connectivity index (χ0v) is 18.3. The van der Waals surface area contributed by atoms with Gasteiger partial charge in [0.25, 0.3) is 5.91 Å². The van der Waals surface area contributed by atoms with Crippen LogP contribution in [0.2, 0.25) is 10.0 Å². The van der Waals surface area contributed by atoms with Crippen molar-refractivity contribution in [1.82, 2.24) is 10.2 Å². The Balaban J connectivity index is 2.17. The first kappa shape index (κ1) is 23.0. The maximum absolute atomic E-state index is 13.0. The highest BCUT2D eigenvalue weighted by Crippen LogP contribution is 2.23. The van der Waals surface area contributed by atoms with E-state index in [2.05, 4.69) is 5.32 Å². The van der Waals surface area contributed by atoms with Crippen LogP contribution in [-0.2, 0) is 16.1 Å². The predicted octanol–water partition coefficient (Wildman–Crippen LogP) is 4.70. The van der Waals surface area contributed by atoms with E-state index < -0.39 is 6.04 Å². The number of nitrogens with zero attached hydrogens (tertiary/aromatic N) is 1. The number of benzene rings is 2. The molecule has 2 rings (SSSR count). The molecule has 0 spiro atoms. The number of hydrogen-bond acceptors (Lipinski definition) is 3. The first-order valence-electron chi connectivity index (χ1n) is 9.53. The summed E-state index contributed by atoms with van der Waals surface area (Å²) in [6, 6.07) is 13.5. The monoisotopic (exact) mass is 436 g/mol. The van der Waals surface area contributed by atoms with Gasteiger partial charge in [-0.1, -0.05) is 54.4 Å². The quantitative estimate of drug-likeness (QED) is 0.619. The van der Waals surface area contributed by atoms with Crippen LogP contribution in [-0.4, -0.2) is 35.4 Å². The van der Waals surface area contributed by atoms with Crippen molar-refractivity contribution >= 4 is 35.0 Å². The SMILES string of the molecule is CC[C@@H](C)NC(=O)[C@@H](C)N(Cc1cccc(Cl)c1)C(=O)COc1ccccc1Cl. The molecule has 0 fully saturated rings. The molecular weight excluding hydrogens is 411 g/mol. The molecule has 5 nitrogen and oxygen atoms in total. The van der Waals surface area contributed by atoms with Crippen molar-refractivity contribution in [2.75, 3.05) is 6.61 Å². The van der Waals surface area contributed by atoms with Crippen LogP contribution in [0, 0.1) is 0 Å². The summed E-state index contributed by atoms with van der Waals surface area (Å²) >= 11 is 12.2. The number of carbonyl (C=O) groups excluding carboxylic acids is 2. The number of halogens is 2. The molecule has 156 valence electrons. The number of hydrogen-bond donors (Lipinski definition) is 1. The molecule has 0 aliphatic carbocycles. The Bertz CT molecular complexity index is 844. The van der Waals surface area contributed by atoms with Gasteiger partial charge in [-0.25, -0.2) is 0 Å². The molecule has 0 heterocycles. The van der Waals surface area contributed by atoms with E-state index in [4.69, 9.17) is 27.9 Å². The Kier molecular flexibility index (Phi) is 8.80. The Morgan fingerprint density at radius 2 is 1.83 bits per heavy atom. The standard InChI is InChI=1S/C22H26Cl2N2O3/c1-4-15(2)25-22(28)16(3)26(13-17-8-7-9-18(23)12-17)21(27)14-29-20-11-6-5-10-19(20)24/h5-12,15-16H,4,13-14H2,1-3H3,(H,25,28)/t15-,16-/m1/s1. The van der Waals surface area contributed by atoms with Crippen molar-refractivity contribution in [2.45, 2.75) is 45.8 Å². The Morgan fingerprint density at radius 1 is 1.10 bits per heavy atom. The molecular formula is C22H26Cl2N2O3. The topological polar surface area (TPSA) is 58.6 Å². The smallest absolute Gasteiger partial charge is 0.261 e. The van der Waals surface area contributed by atoms with Gasteiger partial charge in [0, 0.05) is 17.6 Å². The predicted molar refractivity (Wildman–Crippen MR) is 116 cm³/mol. The maximum atomic E-state index is 13.0. The van der Waals surface area contributed by atoms with Gasteiger partial charge < -0.3 is 15.0 Å². The Labute approximate surface area is 181 Å². The fraction of sp³-hybridized carbons (Fsp3) is 0.364. The van der Waals surface area contributed by atoms with E-state index in [9.17, 15) is 9.59 Å². The average Bonchev–Trinajstić information content (AvgIpc) is 2.70. The molecule has 29 heavy (non-hydrogen) atoms. The van der Waals surface area contributed by atoms with Crippen molar-refractivity contribution in [1.29, 1.82) is 0 Å². The van der Waals surface area contributed by atoms with Crippen LogP contribution >= 0.6 is 23.2 Å². The van der Waals surface area contributed by atoms with Crippen molar-refractivity contribution < 1.29 is 14.3 Å². The summed E-state index contributed by atoms with van der Waals surface area (Å²) in [5.74, 6) is -0.119. The van der Waals surface area contributed by atoms with Crippen molar-refractivity contribution in [3.8, 4) is 5.75 Å². The summed E-state index contributed by atoms with van der Waals surface area (Å²) in [7, 11) is 0. The van der Waals surface area contributed by atoms with Gasteiger partial charge in [-0.2, -0.15) is 0 Å². The maximum Gasteiger partial charge on any atom is 0.261 e. The van der Waals surface area contributed by atoms with Gasteiger partial charge >= 0.3 is 0 Å². The molecule has 2 aromatic rings. The van der Waals surface area contributed by atoms with Crippen LogP contribution < -0.4 is 10.1 Å². The summed E-state index contributed by atoms with van der Waals surface area (Å²) in [6.07, 6.45) is 0.802. The number of carbonyl (C=O) groups is 2. The number of ether oxygens (including phenoxy) is 1. The lowest BCUT2D eigenvalue weighted by molar-refractivity contribution is -0.142. The van der Waals surface area contributed by atoms with Gasteiger partial charge in [-0.15, -0.1) is 0 Å². The van der Waals surface area contributed by atoms with Crippen molar-refractivity contribution in [2.24, 2.45) is 0 Å². The second-order valence-corrected chi connectivity index (χ2v) is 7.71. The largest absolute Gasteiger partial charge is 0.482 e. The lowest BCUT2D eigenvalue weighted by Crippen LogP contribution is -2.50. The van der Waals surface area contributed by atoms with Crippen LogP contribution in [0.3, 0.4) is 0 Å². The molecule has 0 saturated carbocycles. The van der Waals surface area contributed by atoms with Gasteiger partial charge in [0.05, 0.1) is 5.02 Å². The first-order valence-corrected chi connectivity index (χ1v) is 10.3. The molecule has 2 amide bonds. The number of amides is 2. The molecule has 0 bridgehead atoms. The summed E-state index contributed by atoms with van der Waals surface area (Å²) in [6.45, 7) is 5.62. The summed E-state index contributed by atoms with van der Waals surface area (Å²) in [4.78, 5) is 27.1. The summed E-state index contributed by atoms with van der Waals surface area (Å²) in [5.41, 5.74) is 0.826. The fourth-order valence-electron chi connectivity index (χ4n) is 2.66. The lowest BCUT2D eigenvalue weighted by atomic mass is 10.1. The number of para-hydroxylation sites is 1. The summed E-state index contributed by atoms with van der Waals surface area (Å²) in [5, 5.41) is 3.91. The van der Waals surface area contributed by atoms with Crippen LogP contribution in [0.1, 0.15) is 32.8 Å². The molecule has 7 heteroatoms. The highest BCUT2D eigenvalue weighted by molar-refractivity contribution is 6.32. The molecule has 0 radical (unpaired) electrons. The molecule has 2 atom stereocenters. The van der Waals surface area contributed by atoms with E-state index in [0.29, 0.717) is 15.8 Å². The minimum atomic E-state index is -0.676. The van der Waals surface area contributed by atoms with Crippen molar-refractivity contribution in [3.63, 3.8) is 0 Å². The third-order valence-electron chi connectivity index (χ3n) is 4.60. The van der Waals surface area contributed by atoms with E-state index in [-0.39, 0.29) is 31.0 Å². The molecule has 0 aliphatic heterocycles. The zero-order valence-electron chi connectivity index (χ0n) is 16.8. The van der Waals surface area contributed by atoms with E-state index >= 15 is 0 Å². The molecule has 0 aliphatic rings. The zero-order chi connectivity index (χ0) is 21.4. The van der Waals surface area contributed by atoms with E-state index in [0.717, 1.165) is 12.0 Å². The van der Waals surface area contributed by atoms with E-state index in [1.165, 1.54) is 4.90 Å². The van der Waals surface area contributed by atoms with Gasteiger partial charge in [-0.3, -0.25) is 9.59 Å². The van der Waals surface area contributed by atoms with Gasteiger partial charge in [0.15, 0.2) is 6.61 Å². The minimum absolute atomic E-state index is 0.0208. The molecule has 0 unspecified atom stereocenters. The fourth-order valence-corrected chi connectivity index (χ4v) is 3.07. The Morgan fingerprint density at radius 3 is 2.48 bits per heavy atom. The molecule has 0 saturated heterocycles. The van der Waals surface area contributed by atoms with E-state index in [1.54, 1.807) is 43.3 Å². The van der Waals surface area contributed by atoms with Crippen LogP contribution in [0.5, 0.6) is 5.75 Å². The highest BCUT2D eigenvalue weighted by Gasteiger charge is 2.27. The second kappa shape index (κ2) is 11.1. The van der Waals surface area contributed by atoms with Crippen molar-refractivity contribution in [3.05, 3.63) is 64.1 Å². The van der Waals surface area contributed by atoms with Gasteiger partial charge in [-0.05, 0) is 50.1 Å². The minimum Gasteiger partial charge on any atom is -0.482 e. The summed E-state index contributed by atoms with van der Waals surface area (Å²) < 4.78 is 5.59. The second-order valence-electron chi connectivity index (χ2n) is 6.86. The Hall–Kier alpha value is -2.24. The number of rotatable bonds is 9.